The largest absolute Gasteiger partial charge is 0.353 e. The van der Waals surface area contributed by atoms with Crippen molar-refractivity contribution >= 4 is 28.7 Å². The number of amidine groups is 1. The summed E-state index contributed by atoms with van der Waals surface area (Å²) in [6, 6.07) is 6.30. The molecule has 1 aromatic carbocycles. The third-order valence-electron chi connectivity index (χ3n) is 3.59. The molecule has 2 amide bonds. The number of aryl methyl sites for hydroxylation is 2. The molecule has 1 saturated heterocycles. The predicted octanol–water partition coefficient (Wildman–Crippen LogP) is 1.91. The molecule has 6 heteroatoms. The maximum atomic E-state index is 12.0. The number of nitrogens with one attached hydrogen (secondary N) is 3. The highest BCUT2D eigenvalue weighted by Crippen LogP contribution is 2.21. The first-order chi connectivity index (χ1) is 10.3. The highest BCUT2D eigenvalue weighted by molar-refractivity contribution is 8.15. The van der Waals surface area contributed by atoms with Gasteiger partial charge in [0.1, 0.15) is 5.25 Å². The number of benzene rings is 1. The van der Waals surface area contributed by atoms with E-state index in [2.05, 4.69) is 42.7 Å². The Bertz CT molecular complexity index is 615. The molecule has 0 radical (unpaired) electrons. The lowest BCUT2D eigenvalue weighted by Gasteiger charge is -2.16. The fourth-order valence-corrected chi connectivity index (χ4v) is 3.35. The predicted molar refractivity (Wildman–Crippen MR) is 89.1 cm³/mol. The Labute approximate surface area is 134 Å². The second kappa shape index (κ2) is 6.96. The molecule has 1 aromatic rings. The SMILES string of the molecule is Cc1ccc(CC(C)NC(=O)CC2SC(=N)NC2=O)c(C)c1. The monoisotopic (exact) mass is 319 g/mol. The van der Waals surface area contributed by atoms with Crippen molar-refractivity contribution in [2.75, 3.05) is 0 Å². The standard InChI is InChI=1S/C16H21N3O2S/c1-9-4-5-12(10(2)6-9)7-11(3)18-14(20)8-13-15(21)19-16(17)22-13/h4-6,11,13H,7-8H2,1-3H3,(H,18,20)(H2,17,19,21). The lowest BCUT2D eigenvalue weighted by atomic mass is 10.00. The average Bonchev–Trinajstić information content (AvgIpc) is 2.71. The molecule has 5 nitrogen and oxygen atoms in total. The average molecular weight is 319 g/mol. The van der Waals surface area contributed by atoms with E-state index >= 15 is 0 Å². The van der Waals surface area contributed by atoms with Crippen LogP contribution in [0.25, 0.3) is 0 Å². The van der Waals surface area contributed by atoms with Gasteiger partial charge in [-0.15, -0.1) is 0 Å². The molecule has 1 aliphatic rings. The quantitative estimate of drug-likeness (QED) is 0.775. The molecule has 2 unspecified atom stereocenters. The molecule has 0 spiro atoms. The number of rotatable bonds is 5. The molecule has 0 aromatic heterocycles. The van der Waals surface area contributed by atoms with Gasteiger partial charge >= 0.3 is 0 Å². The van der Waals surface area contributed by atoms with Crippen molar-refractivity contribution in [3.05, 3.63) is 34.9 Å². The second-order valence-electron chi connectivity index (χ2n) is 5.73. The molecule has 2 rings (SSSR count). The summed E-state index contributed by atoms with van der Waals surface area (Å²) in [6.45, 7) is 6.09. The summed E-state index contributed by atoms with van der Waals surface area (Å²) in [6.07, 6.45) is 0.869. The Hall–Kier alpha value is -1.82. The first-order valence-electron chi connectivity index (χ1n) is 7.26. The van der Waals surface area contributed by atoms with Crippen molar-refractivity contribution in [1.82, 2.24) is 10.6 Å². The molecule has 118 valence electrons. The number of hydrogen-bond donors (Lipinski definition) is 3. The van der Waals surface area contributed by atoms with Gasteiger partial charge in [-0.25, -0.2) is 0 Å². The molecule has 22 heavy (non-hydrogen) atoms. The fourth-order valence-electron chi connectivity index (χ4n) is 2.51. The third kappa shape index (κ3) is 4.34. The minimum atomic E-state index is -0.485. The zero-order valence-electron chi connectivity index (χ0n) is 13.0. The maximum absolute atomic E-state index is 12.0. The van der Waals surface area contributed by atoms with Crippen LogP contribution in [0.3, 0.4) is 0 Å². The molecule has 1 heterocycles. The van der Waals surface area contributed by atoms with Gasteiger partial charge in [0.15, 0.2) is 5.17 Å². The number of amides is 2. The first kappa shape index (κ1) is 16.5. The smallest absolute Gasteiger partial charge is 0.240 e. The summed E-state index contributed by atoms with van der Waals surface area (Å²) in [5, 5.41) is 12.4. The highest BCUT2D eigenvalue weighted by Gasteiger charge is 2.31. The number of hydrogen-bond acceptors (Lipinski definition) is 4. The summed E-state index contributed by atoms with van der Waals surface area (Å²) >= 11 is 1.10. The van der Waals surface area contributed by atoms with Gasteiger partial charge in [-0.1, -0.05) is 35.5 Å². The number of carbonyl (C=O) groups is 2. The molecule has 3 N–H and O–H groups in total. The molecule has 0 aliphatic carbocycles. The van der Waals surface area contributed by atoms with E-state index in [4.69, 9.17) is 5.41 Å². The van der Waals surface area contributed by atoms with Crippen LogP contribution in [0.5, 0.6) is 0 Å². The molecule has 0 bridgehead atoms. The van der Waals surface area contributed by atoms with Crippen LogP contribution in [-0.2, 0) is 16.0 Å². The van der Waals surface area contributed by atoms with Gasteiger partial charge in [-0.3, -0.25) is 15.0 Å². The summed E-state index contributed by atoms with van der Waals surface area (Å²) < 4.78 is 0. The van der Waals surface area contributed by atoms with E-state index in [1.165, 1.54) is 16.7 Å². The molecular weight excluding hydrogens is 298 g/mol. The van der Waals surface area contributed by atoms with E-state index in [9.17, 15) is 9.59 Å². The Morgan fingerprint density at radius 1 is 1.45 bits per heavy atom. The molecule has 0 saturated carbocycles. The first-order valence-corrected chi connectivity index (χ1v) is 8.14. The van der Waals surface area contributed by atoms with Gasteiger partial charge in [-0.05, 0) is 38.3 Å². The van der Waals surface area contributed by atoms with Gasteiger partial charge in [-0.2, -0.15) is 0 Å². The van der Waals surface area contributed by atoms with Crippen LogP contribution < -0.4 is 10.6 Å². The van der Waals surface area contributed by atoms with Gasteiger partial charge in [0.05, 0.1) is 0 Å². The number of thioether (sulfide) groups is 1. The summed E-state index contributed by atoms with van der Waals surface area (Å²) in [5.74, 6) is -0.410. The van der Waals surface area contributed by atoms with Crippen LogP contribution in [0.15, 0.2) is 18.2 Å². The van der Waals surface area contributed by atoms with E-state index in [-0.39, 0.29) is 29.4 Å². The molecular formula is C16H21N3O2S. The lowest BCUT2D eigenvalue weighted by Crippen LogP contribution is -2.37. The van der Waals surface area contributed by atoms with Crippen molar-refractivity contribution in [3.63, 3.8) is 0 Å². The van der Waals surface area contributed by atoms with Crippen LogP contribution in [0.1, 0.15) is 30.0 Å². The van der Waals surface area contributed by atoms with E-state index in [0.29, 0.717) is 0 Å². The molecule has 1 aliphatic heterocycles. The topological polar surface area (TPSA) is 82.1 Å². The van der Waals surface area contributed by atoms with Crippen molar-refractivity contribution in [3.8, 4) is 0 Å². The van der Waals surface area contributed by atoms with Crippen LogP contribution in [-0.4, -0.2) is 28.3 Å². The van der Waals surface area contributed by atoms with E-state index in [1.807, 2.05) is 6.92 Å². The van der Waals surface area contributed by atoms with Crippen LogP contribution in [0, 0.1) is 19.3 Å². The van der Waals surface area contributed by atoms with Crippen molar-refractivity contribution in [1.29, 1.82) is 5.41 Å². The Morgan fingerprint density at radius 3 is 2.77 bits per heavy atom. The van der Waals surface area contributed by atoms with Crippen LogP contribution >= 0.6 is 11.8 Å². The van der Waals surface area contributed by atoms with Crippen molar-refractivity contribution in [2.24, 2.45) is 0 Å². The fraction of sp³-hybridized carbons (Fsp3) is 0.438. The summed E-state index contributed by atoms with van der Waals surface area (Å²) in [7, 11) is 0. The van der Waals surface area contributed by atoms with E-state index in [0.717, 1.165) is 18.2 Å². The minimum absolute atomic E-state index is 0.00261. The normalized spacial score (nSPS) is 19.0. The third-order valence-corrected chi connectivity index (χ3v) is 4.59. The number of carbonyl (C=O) groups excluding carboxylic acids is 2. The Kier molecular flexibility index (Phi) is 5.24. The highest BCUT2D eigenvalue weighted by atomic mass is 32.2. The maximum Gasteiger partial charge on any atom is 0.240 e. The summed E-state index contributed by atoms with van der Waals surface area (Å²) in [5.41, 5.74) is 3.66. The molecule has 2 atom stereocenters. The molecule has 1 fully saturated rings. The van der Waals surface area contributed by atoms with E-state index < -0.39 is 5.25 Å². The lowest BCUT2D eigenvalue weighted by molar-refractivity contribution is -0.125. The zero-order valence-corrected chi connectivity index (χ0v) is 13.8. The van der Waals surface area contributed by atoms with Crippen molar-refractivity contribution in [2.45, 2.75) is 44.9 Å². The van der Waals surface area contributed by atoms with Crippen molar-refractivity contribution < 1.29 is 9.59 Å². The van der Waals surface area contributed by atoms with Gasteiger partial charge in [0.2, 0.25) is 11.8 Å². The van der Waals surface area contributed by atoms with Gasteiger partial charge in [0, 0.05) is 12.5 Å². The van der Waals surface area contributed by atoms with Crippen LogP contribution in [0.4, 0.5) is 0 Å². The zero-order chi connectivity index (χ0) is 16.3. The van der Waals surface area contributed by atoms with Gasteiger partial charge < -0.3 is 10.6 Å². The minimum Gasteiger partial charge on any atom is -0.353 e. The van der Waals surface area contributed by atoms with Gasteiger partial charge in [0.25, 0.3) is 0 Å². The van der Waals surface area contributed by atoms with E-state index in [1.54, 1.807) is 0 Å². The second-order valence-corrected chi connectivity index (χ2v) is 6.94. The summed E-state index contributed by atoms with van der Waals surface area (Å²) in [4.78, 5) is 23.5. The Morgan fingerprint density at radius 2 is 2.18 bits per heavy atom. The Balaban J connectivity index is 1.86. The van der Waals surface area contributed by atoms with Crippen LogP contribution in [0.2, 0.25) is 0 Å².